The number of benzene rings is 1. The summed E-state index contributed by atoms with van der Waals surface area (Å²) in [6, 6.07) is 5.62. The Hall–Kier alpha value is -1.62. The van der Waals surface area contributed by atoms with E-state index in [9.17, 15) is 4.79 Å². The molecule has 0 unspecified atom stereocenters. The van der Waals surface area contributed by atoms with Crippen molar-refractivity contribution in [2.45, 2.75) is 19.9 Å². The molecule has 0 fully saturated rings. The summed E-state index contributed by atoms with van der Waals surface area (Å²) < 4.78 is 2.95. The number of nitrogens with one attached hydrogen (secondary N) is 1. The molecule has 1 aromatic carbocycles. The first-order valence-electron chi connectivity index (χ1n) is 6.17. The first-order chi connectivity index (χ1) is 9.16. The number of hydrogen-bond acceptors (Lipinski definition) is 2. The lowest BCUT2D eigenvalue weighted by atomic mass is 10.1. The molecule has 0 aliphatic carbocycles. The van der Waals surface area contributed by atoms with Crippen LogP contribution < -0.4 is 5.32 Å². The topological polar surface area (TPSA) is 46.9 Å². The summed E-state index contributed by atoms with van der Waals surface area (Å²) in [5.74, 6) is -0.0358. The van der Waals surface area contributed by atoms with Gasteiger partial charge in [0, 0.05) is 35.5 Å². The van der Waals surface area contributed by atoms with E-state index < -0.39 is 0 Å². The van der Waals surface area contributed by atoms with Crippen molar-refractivity contribution < 1.29 is 4.79 Å². The minimum atomic E-state index is -0.0358. The molecule has 4 nitrogen and oxygen atoms in total. The molecule has 0 bridgehead atoms. The van der Waals surface area contributed by atoms with Gasteiger partial charge in [-0.3, -0.25) is 4.79 Å². The minimum Gasteiger partial charge on any atom is -0.352 e. The monoisotopic (exact) mass is 321 g/mol. The van der Waals surface area contributed by atoms with Gasteiger partial charge in [-0.1, -0.05) is 22.0 Å². The maximum atomic E-state index is 11.9. The number of carbonyl (C=O) groups is 1. The molecule has 0 aliphatic rings. The van der Waals surface area contributed by atoms with Crippen molar-refractivity contribution in [2.75, 3.05) is 6.54 Å². The second kappa shape index (κ2) is 6.52. The zero-order chi connectivity index (χ0) is 13.7. The highest BCUT2D eigenvalue weighted by molar-refractivity contribution is 9.10. The fraction of sp³-hybridized carbons (Fsp3) is 0.286. The van der Waals surface area contributed by atoms with Crippen LogP contribution in [-0.4, -0.2) is 22.0 Å². The van der Waals surface area contributed by atoms with E-state index in [1.54, 1.807) is 12.5 Å². The Kier molecular flexibility index (Phi) is 4.74. The summed E-state index contributed by atoms with van der Waals surface area (Å²) in [7, 11) is 0. The quantitative estimate of drug-likeness (QED) is 0.861. The lowest BCUT2D eigenvalue weighted by Gasteiger charge is -2.07. The first-order valence-corrected chi connectivity index (χ1v) is 6.96. The van der Waals surface area contributed by atoms with Crippen LogP contribution in [0.4, 0.5) is 0 Å². The van der Waals surface area contributed by atoms with Crippen LogP contribution in [0.2, 0.25) is 0 Å². The van der Waals surface area contributed by atoms with Crippen LogP contribution in [-0.2, 0) is 6.54 Å². The molecule has 0 saturated carbocycles. The molecule has 2 aromatic rings. The molecule has 1 N–H and O–H groups in total. The van der Waals surface area contributed by atoms with E-state index in [0.29, 0.717) is 12.1 Å². The van der Waals surface area contributed by atoms with Gasteiger partial charge in [-0.15, -0.1) is 0 Å². The molecule has 100 valence electrons. The zero-order valence-electron chi connectivity index (χ0n) is 10.8. The molecule has 0 aliphatic heterocycles. The number of halogens is 1. The number of amides is 1. The second-order valence-corrected chi connectivity index (χ2v) is 5.23. The summed E-state index contributed by atoms with van der Waals surface area (Å²) in [5.41, 5.74) is 1.80. The zero-order valence-corrected chi connectivity index (χ0v) is 12.4. The number of rotatable bonds is 5. The second-order valence-electron chi connectivity index (χ2n) is 4.37. The molecule has 0 radical (unpaired) electrons. The van der Waals surface area contributed by atoms with Gasteiger partial charge in [0.25, 0.3) is 5.91 Å². The summed E-state index contributed by atoms with van der Waals surface area (Å²) in [5, 5.41) is 2.91. The molecule has 0 spiro atoms. The maximum Gasteiger partial charge on any atom is 0.251 e. The highest BCUT2D eigenvalue weighted by Crippen LogP contribution is 2.17. The predicted octanol–water partition coefficient (Wildman–Crippen LogP) is 2.77. The van der Waals surface area contributed by atoms with Crippen molar-refractivity contribution >= 4 is 21.8 Å². The van der Waals surface area contributed by atoms with Gasteiger partial charge in [0.1, 0.15) is 0 Å². The average molecular weight is 322 g/mol. The van der Waals surface area contributed by atoms with E-state index in [1.165, 1.54) is 0 Å². The number of hydrogen-bond donors (Lipinski definition) is 1. The Morgan fingerprint density at radius 3 is 3.00 bits per heavy atom. The van der Waals surface area contributed by atoms with Crippen molar-refractivity contribution in [1.82, 2.24) is 14.9 Å². The fourth-order valence-electron chi connectivity index (χ4n) is 1.72. The van der Waals surface area contributed by atoms with Gasteiger partial charge in [0.15, 0.2) is 0 Å². The van der Waals surface area contributed by atoms with Gasteiger partial charge in [0.05, 0.1) is 6.33 Å². The van der Waals surface area contributed by atoms with Crippen LogP contribution in [0.1, 0.15) is 22.3 Å². The third kappa shape index (κ3) is 3.92. The van der Waals surface area contributed by atoms with Crippen molar-refractivity contribution in [3.05, 3.63) is 52.5 Å². The van der Waals surface area contributed by atoms with Crippen molar-refractivity contribution in [2.24, 2.45) is 0 Å². The minimum absolute atomic E-state index is 0.0358. The van der Waals surface area contributed by atoms with Gasteiger partial charge in [-0.25, -0.2) is 4.98 Å². The lowest BCUT2D eigenvalue weighted by molar-refractivity contribution is 0.0952. The van der Waals surface area contributed by atoms with Gasteiger partial charge in [0.2, 0.25) is 0 Å². The van der Waals surface area contributed by atoms with Crippen LogP contribution >= 0.6 is 15.9 Å². The summed E-state index contributed by atoms with van der Waals surface area (Å²) >= 11 is 3.43. The number of carbonyl (C=O) groups excluding carboxylic acids is 1. The number of imidazole rings is 1. The Morgan fingerprint density at radius 2 is 2.32 bits per heavy atom. The normalized spacial score (nSPS) is 10.4. The molecule has 0 atom stereocenters. The molecular weight excluding hydrogens is 306 g/mol. The standard InChI is InChI=1S/C14H16BrN3O/c1-11-3-4-12(9-13(11)15)14(19)17-5-2-7-18-8-6-16-10-18/h3-4,6,8-10H,2,5,7H2,1H3,(H,17,19). The van der Waals surface area contributed by atoms with Gasteiger partial charge < -0.3 is 9.88 Å². The molecule has 0 saturated heterocycles. The molecular formula is C14H16BrN3O. The smallest absolute Gasteiger partial charge is 0.251 e. The van der Waals surface area contributed by atoms with E-state index in [1.807, 2.05) is 35.9 Å². The Balaban J connectivity index is 1.79. The summed E-state index contributed by atoms with van der Waals surface area (Å²) in [6.07, 6.45) is 6.33. The van der Waals surface area contributed by atoms with Crippen molar-refractivity contribution in [1.29, 1.82) is 0 Å². The molecule has 1 heterocycles. The number of aryl methyl sites for hydroxylation is 2. The Bertz CT molecular complexity index is 552. The van der Waals surface area contributed by atoms with Crippen LogP contribution in [0.15, 0.2) is 41.4 Å². The third-order valence-electron chi connectivity index (χ3n) is 2.87. The summed E-state index contributed by atoms with van der Waals surface area (Å²) in [4.78, 5) is 15.9. The predicted molar refractivity (Wildman–Crippen MR) is 78.1 cm³/mol. The van der Waals surface area contributed by atoms with Crippen LogP contribution in [0.5, 0.6) is 0 Å². The van der Waals surface area contributed by atoms with Crippen LogP contribution in [0.25, 0.3) is 0 Å². The van der Waals surface area contributed by atoms with E-state index >= 15 is 0 Å². The largest absolute Gasteiger partial charge is 0.352 e. The fourth-order valence-corrected chi connectivity index (χ4v) is 2.10. The Morgan fingerprint density at radius 1 is 1.47 bits per heavy atom. The van der Waals surface area contributed by atoms with Gasteiger partial charge in [-0.2, -0.15) is 0 Å². The molecule has 1 amide bonds. The van der Waals surface area contributed by atoms with Crippen molar-refractivity contribution in [3.8, 4) is 0 Å². The summed E-state index contributed by atoms with van der Waals surface area (Å²) in [6.45, 7) is 3.51. The van der Waals surface area contributed by atoms with E-state index in [4.69, 9.17) is 0 Å². The van der Waals surface area contributed by atoms with E-state index in [0.717, 1.165) is 23.0 Å². The molecule has 1 aromatic heterocycles. The average Bonchev–Trinajstić information content (AvgIpc) is 2.91. The van der Waals surface area contributed by atoms with Crippen molar-refractivity contribution in [3.63, 3.8) is 0 Å². The SMILES string of the molecule is Cc1ccc(C(=O)NCCCn2ccnc2)cc1Br. The Labute approximate surface area is 121 Å². The number of aromatic nitrogens is 2. The van der Waals surface area contributed by atoms with Gasteiger partial charge >= 0.3 is 0 Å². The van der Waals surface area contributed by atoms with Crippen LogP contribution in [0, 0.1) is 6.92 Å². The van der Waals surface area contributed by atoms with E-state index in [-0.39, 0.29) is 5.91 Å². The number of nitrogens with zero attached hydrogens (tertiary/aromatic N) is 2. The van der Waals surface area contributed by atoms with Gasteiger partial charge in [-0.05, 0) is 31.0 Å². The maximum absolute atomic E-state index is 11.9. The van der Waals surface area contributed by atoms with Crippen LogP contribution in [0.3, 0.4) is 0 Å². The third-order valence-corrected chi connectivity index (χ3v) is 3.73. The van der Waals surface area contributed by atoms with E-state index in [2.05, 4.69) is 26.2 Å². The highest BCUT2D eigenvalue weighted by Gasteiger charge is 2.06. The molecule has 5 heteroatoms. The highest BCUT2D eigenvalue weighted by atomic mass is 79.9. The molecule has 2 rings (SSSR count). The molecule has 19 heavy (non-hydrogen) atoms. The lowest BCUT2D eigenvalue weighted by Crippen LogP contribution is -2.25. The first kappa shape index (κ1) is 13.8.